The van der Waals surface area contributed by atoms with Crippen molar-refractivity contribution < 1.29 is 4.79 Å². The summed E-state index contributed by atoms with van der Waals surface area (Å²) in [6, 6.07) is 16.4. The highest BCUT2D eigenvalue weighted by molar-refractivity contribution is 5.96. The van der Waals surface area contributed by atoms with Crippen LogP contribution in [0.25, 0.3) is 11.4 Å². The molecule has 0 radical (unpaired) electrons. The van der Waals surface area contributed by atoms with Crippen LogP contribution in [0.1, 0.15) is 37.6 Å². The third kappa shape index (κ3) is 4.33. The van der Waals surface area contributed by atoms with E-state index < -0.39 is 6.04 Å². The SMILES string of the molecule is C[C@@H](Nc1cccc(-c2nnc3n2CCCCC3)c1)C(=O)Nc1ccc(C#N)cc1. The van der Waals surface area contributed by atoms with Crippen LogP contribution < -0.4 is 10.6 Å². The van der Waals surface area contributed by atoms with Crippen molar-refractivity contribution in [1.82, 2.24) is 14.8 Å². The molecule has 0 aliphatic carbocycles. The second kappa shape index (κ2) is 8.78. The molecule has 0 saturated heterocycles. The summed E-state index contributed by atoms with van der Waals surface area (Å²) in [5, 5.41) is 23.8. The van der Waals surface area contributed by atoms with Crippen LogP contribution in [0.15, 0.2) is 48.5 Å². The van der Waals surface area contributed by atoms with Gasteiger partial charge in [0.15, 0.2) is 5.82 Å². The van der Waals surface area contributed by atoms with Gasteiger partial charge in [0.2, 0.25) is 5.91 Å². The molecule has 0 unspecified atom stereocenters. The fraction of sp³-hybridized carbons (Fsp3) is 0.304. The first-order valence-electron chi connectivity index (χ1n) is 10.2. The Kier molecular flexibility index (Phi) is 5.75. The molecule has 1 aliphatic heterocycles. The van der Waals surface area contributed by atoms with E-state index in [0.717, 1.165) is 48.7 Å². The number of carbonyl (C=O) groups is 1. The van der Waals surface area contributed by atoms with Gasteiger partial charge in [0.1, 0.15) is 11.9 Å². The molecule has 1 aliphatic rings. The van der Waals surface area contributed by atoms with Crippen LogP contribution in [0.4, 0.5) is 11.4 Å². The summed E-state index contributed by atoms with van der Waals surface area (Å²) < 4.78 is 2.22. The van der Waals surface area contributed by atoms with Crippen molar-refractivity contribution in [2.24, 2.45) is 0 Å². The van der Waals surface area contributed by atoms with Crippen molar-refractivity contribution >= 4 is 17.3 Å². The van der Waals surface area contributed by atoms with Crippen molar-refractivity contribution in [1.29, 1.82) is 5.26 Å². The van der Waals surface area contributed by atoms with Gasteiger partial charge >= 0.3 is 0 Å². The van der Waals surface area contributed by atoms with Gasteiger partial charge in [-0.1, -0.05) is 18.6 Å². The van der Waals surface area contributed by atoms with Gasteiger partial charge in [0.05, 0.1) is 11.6 Å². The van der Waals surface area contributed by atoms with E-state index in [0.29, 0.717) is 11.3 Å². The molecule has 0 fully saturated rings. The van der Waals surface area contributed by atoms with Crippen LogP contribution in [0, 0.1) is 11.3 Å². The Morgan fingerprint density at radius 3 is 2.73 bits per heavy atom. The third-order valence-corrected chi connectivity index (χ3v) is 5.29. The predicted molar refractivity (Wildman–Crippen MR) is 116 cm³/mol. The van der Waals surface area contributed by atoms with Gasteiger partial charge in [-0.05, 0) is 56.2 Å². The summed E-state index contributed by atoms with van der Waals surface area (Å²) in [6.07, 6.45) is 4.49. The number of aryl methyl sites for hydroxylation is 1. The Bertz CT molecular complexity index is 1080. The molecule has 2 aromatic carbocycles. The quantitative estimate of drug-likeness (QED) is 0.675. The molecule has 2 heterocycles. The first-order valence-corrected chi connectivity index (χ1v) is 10.2. The number of anilines is 2. The predicted octanol–water partition coefficient (Wildman–Crippen LogP) is 3.98. The van der Waals surface area contributed by atoms with Crippen LogP contribution >= 0.6 is 0 Å². The van der Waals surface area contributed by atoms with E-state index in [4.69, 9.17) is 5.26 Å². The molecule has 152 valence electrons. The van der Waals surface area contributed by atoms with E-state index in [1.807, 2.05) is 31.2 Å². The Hall–Kier alpha value is -3.66. The summed E-state index contributed by atoms with van der Waals surface area (Å²) in [5.41, 5.74) is 3.05. The van der Waals surface area contributed by atoms with Crippen LogP contribution in [-0.2, 0) is 17.8 Å². The second-order valence-corrected chi connectivity index (χ2v) is 7.53. The Morgan fingerprint density at radius 1 is 1.10 bits per heavy atom. The van der Waals surface area contributed by atoms with E-state index in [1.165, 1.54) is 6.42 Å². The van der Waals surface area contributed by atoms with Crippen LogP contribution in [0.2, 0.25) is 0 Å². The Labute approximate surface area is 175 Å². The minimum absolute atomic E-state index is 0.151. The lowest BCUT2D eigenvalue weighted by atomic mass is 10.1. The number of hydrogen-bond donors (Lipinski definition) is 2. The Morgan fingerprint density at radius 2 is 1.93 bits per heavy atom. The molecule has 7 nitrogen and oxygen atoms in total. The number of carbonyl (C=O) groups excluding carboxylic acids is 1. The zero-order valence-corrected chi connectivity index (χ0v) is 16.9. The molecule has 0 spiro atoms. The molecular formula is C23H24N6O. The average molecular weight is 400 g/mol. The van der Waals surface area contributed by atoms with E-state index in [-0.39, 0.29) is 5.91 Å². The van der Waals surface area contributed by atoms with Crippen molar-refractivity contribution in [2.45, 2.75) is 45.2 Å². The van der Waals surface area contributed by atoms with Gasteiger partial charge in [0.25, 0.3) is 0 Å². The number of amides is 1. The number of benzene rings is 2. The summed E-state index contributed by atoms with van der Waals surface area (Å²) in [7, 11) is 0. The lowest BCUT2D eigenvalue weighted by molar-refractivity contribution is -0.116. The van der Waals surface area contributed by atoms with Crippen molar-refractivity contribution in [2.75, 3.05) is 10.6 Å². The largest absolute Gasteiger partial charge is 0.374 e. The monoisotopic (exact) mass is 400 g/mol. The highest BCUT2D eigenvalue weighted by Crippen LogP contribution is 2.25. The zero-order chi connectivity index (χ0) is 20.9. The highest BCUT2D eigenvalue weighted by atomic mass is 16.2. The zero-order valence-electron chi connectivity index (χ0n) is 16.9. The first kappa shape index (κ1) is 19.6. The second-order valence-electron chi connectivity index (χ2n) is 7.53. The molecule has 4 rings (SSSR count). The standard InChI is InChI=1S/C23H24N6O/c1-16(23(30)26-19-11-9-17(15-24)10-12-19)25-20-7-5-6-18(14-20)22-28-27-21-8-3-2-4-13-29(21)22/h5-7,9-12,14,16,25H,2-4,8,13H2,1H3,(H,26,30)/t16-/m1/s1. The normalized spacial score (nSPS) is 14.1. The Balaban J connectivity index is 1.46. The summed E-state index contributed by atoms with van der Waals surface area (Å²) in [6.45, 7) is 2.76. The maximum atomic E-state index is 12.5. The smallest absolute Gasteiger partial charge is 0.246 e. The molecule has 1 atom stereocenters. The van der Waals surface area contributed by atoms with Gasteiger partial charge in [0, 0.05) is 29.9 Å². The average Bonchev–Trinajstić information content (AvgIpc) is 3.02. The van der Waals surface area contributed by atoms with E-state index >= 15 is 0 Å². The summed E-state index contributed by atoms with van der Waals surface area (Å²) in [4.78, 5) is 12.5. The maximum absolute atomic E-state index is 12.5. The molecule has 1 amide bonds. The number of rotatable bonds is 5. The lowest BCUT2D eigenvalue weighted by Gasteiger charge is -2.16. The minimum Gasteiger partial charge on any atom is -0.374 e. The fourth-order valence-corrected chi connectivity index (χ4v) is 3.64. The molecule has 2 N–H and O–H groups in total. The molecule has 0 saturated carbocycles. The van der Waals surface area contributed by atoms with Gasteiger partial charge in [-0.3, -0.25) is 4.79 Å². The van der Waals surface area contributed by atoms with Crippen molar-refractivity contribution in [3.63, 3.8) is 0 Å². The van der Waals surface area contributed by atoms with E-state index in [1.54, 1.807) is 24.3 Å². The number of nitriles is 1. The van der Waals surface area contributed by atoms with E-state index in [2.05, 4.69) is 31.5 Å². The van der Waals surface area contributed by atoms with Crippen LogP contribution in [0.3, 0.4) is 0 Å². The molecule has 0 bridgehead atoms. The van der Waals surface area contributed by atoms with Gasteiger partial charge in [-0.2, -0.15) is 5.26 Å². The molecule has 30 heavy (non-hydrogen) atoms. The lowest BCUT2D eigenvalue weighted by Crippen LogP contribution is -2.31. The highest BCUT2D eigenvalue weighted by Gasteiger charge is 2.17. The molecule has 7 heteroatoms. The van der Waals surface area contributed by atoms with E-state index in [9.17, 15) is 4.79 Å². The number of nitrogens with one attached hydrogen (secondary N) is 2. The summed E-state index contributed by atoms with van der Waals surface area (Å²) in [5.74, 6) is 1.78. The molecular weight excluding hydrogens is 376 g/mol. The number of aromatic nitrogens is 3. The molecule has 1 aromatic heterocycles. The maximum Gasteiger partial charge on any atom is 0.246 e. The van der Waals surface area contributed by atoms with Crippen molar-refractivity contribution in [3.05, 3.63) is 59.9 Å². The minimum atomic E-state index is -0.439. The number of nitrogens with zero attached hydrogens (tertiary/aromatic N) is 4. The number of hydrogen-bond acceptors (Lipinski definition) is 5. The number of fused-ring (bicyclic) bond motifs is 1. The molecule has 3 aromatic rings. The van der Waals surface area contributed by atoms with Gasteiger partial charge < -0.3 is 15.2 Å². The summed E-state index contributed by atoms with van der Waals surface area (Å²) >= 11 is 0. The fourth-order valence-electron chi connectivity index (χ4n) is 3.64. The third-order valence-electron chi connectivity index (χ3n) is 5.29. The van der Waals surface area contributed by atoms with Gasteiger partial charge in [-0.15, -0.1) is 10.2 Å². The first-order chi connectivity index (χ1) is 14.6. The van der Waals surface area contributed by atoms with Crippen molar-refractivity contribution in [3.8, 4) is 17.5 Å². The van der Waals surface area contributed by atoms with Crippen LogP contribution in [0.5, 0.6) is 0 Å². The van der Waals surface area contributed by atoms with Crippen LogP contribution in [-0.4, -0.2) is 26.7 Å². The topological polar surface area (TPSA) is 95.6 Å². The van der Waals surface area contributed by atoms with Gasteiger partial charge in [-0.25, -0.2) is 0 Å².